The molecule has 0 aliphatic heterocycles. The normalized spacial score (nSPS) is 9.94. The molecule has 86 valence electrons. The van der Waals surface area contributed by atoms with Crippen molar-refractivity contribution in [3.63, 3.8) is 0 Å². The number of ether oxygens (including phenoxy) is 1. The van der Waals surface area contributed by atoms with Crippen LogP contribution in [0.1, 0.15) is 16.1 Å². The average Bonchev–Trinajstić information content (AvgIpc) is 2.35. The third-order valence-electron chi connectivity index (χ3n) is 2.12. The summed E-state index contributed by atoms with van der Waals surface area (Å²) in [6, 6.07) is 8.47. The van der Waals surface area contributed by atoms with Crippen LogP contribution < -0.4 is 4.74 Å². The second kappa shape index (κ2) is 4.61. The average molecular weight is 230 g/mol. The number of carbonyl (C=O) groups excluding carboxylic acids is 1. The van der Waals surface area contributed by atoms with Gasteiger partial charge >= 0.3 is 12.0 Å². The van der Waals surface area contributed by atoms with E-state index in [1.807, 2.05) is 0 Å². The van der Waals surface area contributed by atoms with E-state index in [0.717, 1.165) is 0 Å². The van der Waals surface area contributed by atoms with Crippen LogP contribution in [0.2, 0.25) is 0 Å². The molecule has 5 heteroatoms. The molecule has 0 aliphatic carbocycles. The van der Waals surface area contributed by atoms with Gasteiger partial charge in [-0.2, -0.15) is 9.97 Å². The zero-order valence-corrected chi connectivity index (χ0v) is 9.12. The van der Waals surface area contributed by atoms with Crippen molar-refractivity contribution in [1.82, 2.24) is 9.97 Å². The Morgan fingerprint density at radius 2 is 2.00 bits per heavy atom. The number of aromatic hydroxyl groups is 1. The van der Waals surface area contributed by atoms with Gasteiger partial charge in [0.15, 0.2) is 5.75 Å². The first-order valence-corrected chi connectivity index (χ1v) is 4.96. The highest BCUT2D eigenvalue weighted by atomic mass is 16.5. The van der Waals surface area contributed by atoms with Crippen molar-refractivity contribution >= 4 is 5.97 Å². The Morgan fingerprint density at radius 3 is 2.65 bits per heavy atom. The largest absolute Gasteiger partial charge is 0.504 e. The van der Waals surface area contributed by atoms with Crippen molar-refractivity contribution in [2.45, 2.75) is 6.92 Å². The molecule has 2 rings (SSSR count). The molecular weight excluding hydrogens is 220 g/mol. The lowest BCUT2D eigenvalue weighted by Crippen LogP contribution is -2.10. The Bertz CT molecular complexity index is 541. The monoisotopic (exact) mass is 230 g/mol. The fourth-order valence-corrected chi connectivity index (χ4v) is 1.20. The molecular formula is C12H10N2O3. The van der Waals surface area contributed by atoms with Crippen LogP contribution in [-0.4, -0.2) is 21.0 Å². The molecule has 0 fully saturated rings. The third kappa shape index (κ3) is 2.57. The first-order valence-electron chi connectivity index (χ1n) is 4.96. The van der Waals surface area contributed by atoms with Gasteiger partial charge < -0.3 is 9.84 Å². The molecule has 0 radical (unpaired) electrons. The van der Waals surface area contributed by atoms with Gasteiger partial charge in [-0.15, -0.1) is 0 Å². The summed E-state index contributed by atoms with van der Waals surface area (Å²) in [6.45, 7) is 1.59. The van der Waals surface area contributed by atoms with Gasteiger partial charge in [0.2, 0.25) is 0 Å². The van der Waals surface area contributed by atoms with E-state index in [1.165, 1.54) is 6.20 Å². The Kier molecular flexibility index (Phi) is 3.00. The van der Waals surface area contributed by atoms with Crippen LogP contribution in [0, 0.1) is 6.92 Å². The highest BCUT2D eigenvalue weighted by Gasteiger charge is 2.10. The summed E-state index contributed by atoms with van der Waals surface area (Å²) < 4.78 is 4.96. The lowest BCUT2D eigenvalue weighted by atomic mass is 10.2. The van der Waals surface area contributed by atoms with Crippen molar-refractivity contribution in [3.05, 3.63) is 47.8 Å². The minimum absolute atomic E-state index is 0.0375. The molecule has 0 saturated heterocycles. The molecule has 0 saturated carbocycles. The quantitative estimate of drug-likeness (QED) is 0.795. The maximum absolute atomic E-state index is 11.6. The number of hydrogen-bond donors (Lipinski definition) is 1. The van der Waals surface area contributed by atoms with Gasteiger partial charge in [-0.3, -0.25) is 0 Å². The molecule has 1 aromatic carbocycles. The first kappa shape index (κ1) is 11.1. The molecule has 1 aromatic heterocycles. The van der Waals surface area contributed by atoms with Crippen LogP contribution in [0.15, 0.2) is 36.5 Å². The number of hydrogen-bond acceptors (Lipinski definition) is 5. The van der Waals surface area contributed by atoms with Crippen LogP contribution in [0.25, 0.3) is 0 Å². The number of nitrogens with zero attached hydrogens (tertiary/aromatic N) is 2. The van der Waals surface area contributed by atoms with Crippen molar-refractivity contribution in [2.24, 2.45) is 0 Å². The Hall–Kier alpha value is -2.43. The SMILES string of the molecule is Cc1nc(OC(=O)c2ccccc2)ncc1O. The fraction of sp³-hybridized carbons (Fsp3) is 0.0833. The highest BCUT2D eigenvalue weighted by molar-refractivity contribution is 5.90. The van der Waals surface area contributed by atoms with E-state index in [0.29, 0.717) is 11.3 Å². The smallest absolute Gasteiger partial charge is 0.345 e. The molecule has 0 bridgehead atoms. The van der Waals surface area contributed by atoms with E-state index in [-0.39, 0.29) is 11.8 Å². The molecule has 1 N–H and O–H groups in total. The van der Waals surface area contributed by atoms with Crippen LogP contribution in [-0.2, 0) is 0 Å². The lowest BCUT2D eigenvalue weighted by molar-refractivity contribution is 0.0718. The minimum Gasteiger partial charge on any atom is -0.504 e. The standard InChI is InChI=1S/C12H10N2O3/c1-8-10(15)7-13-12(14-8)17-11(16)9-5-3-2-4-6-9/h2-7,15H,1H3. The summed E-state index contributed by atoms with van der Waals surface area (Å²) in [6.07, 6.45) is 1.19. The lowest BCUT2D eigenvalue weighted by Gasteiger charge is -2.03. The second-order valence-electron chi connectivity index (χ2n) is 3.38. The first-order chi connectivity index (χ1) is 8.16. The number of aryl methyl sites for hydroxylation is 1. The molecule has 0 aliphatic rings. The van der Waals surface area contributed by atoms with Gasteiger partial charge in [0, 0.05) is 0 Å². The maximum Gasteiger partial charge on any atom is 0.345 e. The number of aromatic nitrogens is 2. The van der Waals surface area contributed by atoms with E-state index < -0.39 is 5.97 Å². The van der Waals surface area contributed by atoms with Crippen molar-refractivity contribution in [3.8, 4) is 11.8 Å². The van der Waals surface area contributed by atoms with E-state index in [4.69, 9.17) is 4.74 Å². The summed E-state index contributed by atoms with van der Waals surface area (Å²) in [5.74, 6) is -0.569. The van der Waals surface area contributed by atoms with Gasteiger partial charge in [-0.25, -0.2) is 4.79 Å². The summed E-state index contributed by atoms with van der Waals surface area (Å²) in [4.78, 5) is 19.2. The summed E-state index contributed by atoms with van der Waals surface area (Å²) in [7, 11) is 0. The minimum atomic E-state index is -0.532. The number of rotatable bonds is 2. The summed E-state index contributed by atoms with van der Waals surface area (Å²) in [5, 5.41) is 9.23. The van der Waals surface area contributed by atoms with Crippen LogP contribution in [0.5, 0.6) is 11.8 Å². The van der Waals surface area contributed by atoms with E-state index >= 15 is 0 Å². The summed E-state index contributed by atoms with van der Waals surface area (Å²) in [5.41, 5.74) is 0.776. The van der Waals surface area contributed by atoms with Crippen LogP contribution >= 0.6 is 0 Å². The van der Waals surface area contributed by atoms with E-state index in [1.54, 1.807) is 37.3 Å². The predicted octanol–water partition coefficient (Wildman–Crippen LogP) is 1.71. The third-order valence-corrected chi connectivity index (χ3v) is 2.12. The van der Waals surface area contributed by atoms with Gasteiger partial charge in [0.25, 0.3) is 0 Å². The van der Waals surface area contributed by atoms with Crippen LogP contribution in [0.4, 0.5) is 0 Å². The topological polar surface area (TPSA) is 72.3 Å². The van der Waals surface area contributed by atoms with Crippen molar-refractivity contribution in [2.75, 3.05) is 0 Å². The Balaban J connectivity index is 2.16. The molecule has 0 amide bonds. The molecule has 2 aromatic rings. The second-order valence-corrected chi connectivity index (χ2v) is 3.38. The molecule has 0 spiro atoms. The highest BCUT2D eigenvalue weighted by Crippen LogP contribution is 2.14. The Morgan fingerprint density at radius 1 is 1.29 bits per heavy atom. The van der Waals surface area contributed by atoms with E-state index in [9.17, 15) is 9.90 Å². The number of benzene rings is 1. The van der Waals surface area contributed by atoms with Gasteiger partial charge in [-0.05, 0) is 19.1 Å². The Labute approximate surface area is 97.7 Å². The van der Waals surface area contributed by atoms with Gasteiger partial charge in [-0.1, -0.05) is 18.2 Å². The van der Waals surface area contributed by atoms with Crippen molar-refractivity contribution in [1.29, 1.82) is 0 Å². The fourth-order valence-electron chi connectivity index (χ4n) is 1.20. The van der Waals surface area contributed by atoms with Crippen molar-refractivity contribution < 1.29 is 14.6 Å². The molecule has 1 heterocycles. The molecule has 0 atom stereocenters. The number of carbonyl (C=O) groups is 1. The predicted molar refractivity (Wildman–Crippen MR) is 59.8 cm³/mol. The zero-order valence-electron chi connectivity index (χ0n) is 9.12. The maximum atomic E-state index is 11.6. The molecule has 17 heavy (non-hydrogen) atoms. The summed E-state index contributed by atoms with van der Waals surface area (Å²) >= 11 is 0. The zero-order chi connectivity index (χ0) is 12.3. The van der Waals surface area contributed by atoms with Gasteiger partial charge in [0.1, 0.15) is 0 Å². The molecule has 0 unspecified atom stereocenters. The van der Waals surface area contributed by atoms with Crippen LogP contribution in [0.3, 0.4) is 0 Å². The van der Waals surface area contributed by atoms with E-state index in [2.05, 4.69) is 9.97 Å². The molecule has 5 nitrogen and oxygen atoms in total. The number of esters is 1. The van der Waals surface area contributed by atoms with Gasteiger partial charge in [0.05, 0.1) is 17.5 Å².